The van der Waals surface area contributed by atoms with Gasteiger partial charge in [-0.2, -0.15) is 0 Å². The van der Waals surface area contributed by atoms with Crippen LogP contribution in [0.3, 0.4) is 0 Å². The van der Waals surface area contributed by atoms with E-state index in [2.05, 4.69) is 13.2 Å². The van der Waals surface area contributed by atoms with E-state index < -0.39 is 10.0 Å². The van der Waals surface area contributed by atoms with Crippen molar-refractivity contribution in [3.05, 3.63) is 78.6 Å². The van der Waals surface area contributed by atoms with Crippen molar-refractivity contribution in [3.63, 3.8) is 0 Å². The fraction of sp³-hybridized carbons (Fsp3) is 0. The lowest BCUT2D eigenvalue weighted by Gasteiger charge is -2.10. The molecule has 0 saturated heterocycles. The first-order valence-corrected chi connectivity index (χ1v) is 7.61. The van der Waals surface area contributed by atoms with Crippen molar-refractivity contribution in [1.82, 2.24) is 0 Å². The third-order valence-electron chi connectivity index (χ3n) is 3.09. The van der Waals surface area contributed by atoms with Gasteiger partial charge in [0, 0.05) is 0 Å². The van der Waals surface area contributed by atoms with Crippen molar-refractivity contribution in [1.29, 1.82) is 0 Å². The molecule has 108 valence electrons. The minimum atomic E-state index is -3.72. The smallest absolute Gasteiger partial charge is 0.225 e. The van der Waals surface area contributed by atoms with Crippen molar-refractivity contribution in [2.24, 2.45) is 5.14 Å². The highest BCUT2D eigenvalue weighted by Gasteiger charge is 2.10. The molecule has 21 heavy (non-hydrogen) atoms. The maximum absolute atomic E-state index is 12.9. The van der Waals surface area contributed by atoms with E-state index in [-0.39, 0.29) is 10.7 Å². The van der Waals surface area contributed by atoms with Crippen molar-refractivity contribution >= 4 is 21.2 Å². The molecule has 0 amide bonds. The first-order valence-electron chi connectivity index (χ1n) is 6.06. The Morgan fingerprint density at radius 2 is 1.24 bits per heavy atom. The van der Waals surface area contributed by atoms with Crippen LogP contribution in [0.5, 0.6) is 0 Å². The molecule has 0 bridgehead atoms. The Morgan fingerprint density at radius 1 is 0.857 bits per heavy atom. The molecule has 2 aromatic rings. The lowest BCUT2D eigenvalue weighted by Crippen LogP contribution is -2.11. The molecule has 0 aliphatic carbocycles. The maximum Gasteiger partial charge on any atom is 0.238 e. The average Bonchev–Trinajstić information content (AvgIpc) is 2.46. The molecule has 0 saturated carbocycles. The Balaban J connectivity index is 2.28. The van der Waals surface area contributed by atoms with Crippen LogP contribution in [-0.2, 0) is 10.0 Å². The molecular weight excluding hydrogens is 289 g/mol. The fourth-order valence-corrected chi connectivity index (χ4v) is 2.36. The van der Waals surface area contributed by atoms with Gasteiger partial charge in [-0.3, -0.25) is 0 Å². The fourth-order valence-electron chi connectivity index (χ4n) is 1.85. The molecule has 0 fully saturated rings. The van der Waals surface area contributed by atoms with Crippen LogP contribution < -0.4 is 5.14 Å². The first-order chi connectivity index (χ1) is 9.79. The minimum Gasteiger partial charge on any atom is -0.225 e. The van der Waals surface area contributed by atoms with Crippen LogP contribution in [0.15, 0.2) is 66.6 Å². The van der Waals surface area contributed by atoms with E-state index in [0.29, 0.717) is 11.1 Å². The van der Waals surface area contributed by atoms with Crippen molar-refractivity contribution in [2.45, 2.75) is 4.90 Å². The molecule has 0 unspecified atom stereocenters. The Labute approximate surface area is 123 Å². The molecule has 2 aromatic carbocycles. The highest BCUT2D eigenvalue weighted by Crippen LogP contribution is 2.28. The van der Waals surface area contributed by atoms with Crippen LogP contribution in [0.4, 0.5) is 4.39 Å². The summed E-state index contributed by atoms with van der Waals surface area (Å²) in [6.45, 7) is 7.88. The summed E-state index contributed by atoms with van der Waals surface area (Å²) in [6, 6.07) is 12.0. The van der Waals surface area contributed by atoms with E-state index in [9.17, 15) is 12.8 Å². The number of rotatable bonds is 4. The molecular formula is C16H14FNO2S. The summed E-state index contributed by atoms with van der Waals surface area (Å²) in [5.41, 5.74) is 2.73. The summed E-state index contributed by atoms with van der Waals surface area (Å²) >= 11 is 0. The van der Waals surface area contributed by atoms with Gasteiger partial charge < -0.3 is 0 Å². The van der Waals surface area contributed by atoms with E-state index in [4.69, 9.17) is 5.14 Å². The van der Waals surface area contributed by atoms with Crippen LogP contribution in [0, 0.1) is 5.82 Å². The van der Waals surface area contributed by atoms with Crippen LogP contribution >= 0.6 is 0 Å². The summed E-state index contributed by atoms with van der Waals surface area (Å²) < 4.78 is 35.3. The van der Waals surface area contributed by atoms with Crippen LogP contribution in [0.25, 0.3) is 11.1 Å². The van der Waals surface area contributed by atoms with E-state index in [0.717, 1.165) is 11.1 Å². The molecule has 3 nitrogen and oxygen atoms in total. The molecule has 0 atom stereocenters. The SMILES string of the molecule is C=C(C(=C)c1ccc(S(N)(=O)=O)cc1)c1ccc(F)cc1. The van der Waals surface area contributed by atoms with Crippen molar-refractivity contribution in [3.8, 4) is 0 Å². The molecule has 5 heteroatoms. The lowest BCUT2D eigenvalue weighted by molar-refractivity contribution is 0.598. The van der Waals surface area contributed by atoms with Gasteiger partial charge in [-0.1, -0.05) is 37.4 Å². The number of nitrogens with two attached hydrogens (primary N) is 1. The molecule has 0 aliphatic rings. The van der Waals surface area contributed by atoms with E-state index in [1.165, 1.54) is 24.3 Å². The molecule has 0 aromatic heterocycles. The largest absolute Gasteiger partial charge is 0.238 e. The molecule has 0 spiro atoms. The van der Waals surface area contributed by atoms with Gasteiger partial charge in [0.05, 0.1) is 4.90 Å². The maximum atomic E-state index is 12.9. The van der Waals surface area contributed by atoms with Crippen LogP contribution in [-0.4, -0.2) is 8.42 Å². The summed E-state index contributed by atoms with van der Waals surface area (Å²) in [5.74, 6) is -0.324. The quantitative estimate of drug-likeness (QED) is 0.882. The Morgan fingerprint density at radius 3 is 1.62 bits per heavy atom. The molecule has 2 rings (SSSR count). The third-order valence-corrected chi connectivity index (χ3v) is 4.02. The number of allylic oxidation sites excluding steroid dienone is 2. The normalized spacial score (nSPS) is 11.1. The van der Waals surface area contributed by atoms with E-state index >= 15 is 0 Å². The number of benzene rings is 2. The highest BCUT2D eigenvalue weighted by molar-refractivity contribution is 7.89. The first kappa shape index (κ1) is 15.2. The Bertz CT molecular complexity index is 791. The van der Waals surface area contributed by atoms with Gasteiger partial charge in [0.25, 0.3) is 0 Å². The topological polar surface area (TPSA) is 60.2 Å². The highest BCUT2D eigenvalue weighted by atomic mass is 32.2. The summed E-state index contributed by atoms with van der Waals surface area (Å²) in [7, 11) is -3.72. The zero-order valence-corrected chi connectivity index (χ0v) is 12.0. The monoisotopic (exact) mass is 303 g/mol. The zero-order chi connectivity index (χ0) is 15.6. The summed E-state index contributed by atoms with van der Waals surface area (Å²) in [4.78, 5) is 0.0337. The molecule has 0 radical (unpaired) electrons. The molecule has 0 heterocycles. The van der Waals surface area contributed by atoms with Gasteiger partial charge in [0.1, 0.15) is 5.82 Å². The van der Waals surface area contributed by atoms with E-state index in [1.807, 2.05) is 0 Å². The number of hydrogen-bond donors (Lipinski definition) is 1. The predicted molar refractivity (Wildman–Crippen MR) is 82.3 cm³/mol. The molecule has 2 N–H and O–H groups in total. The standard InChI is InChI=1S/C16H14FNO2S/c1-11(13-3-7-15(17)8-4-13)12(2)14-5-9-16(10-6-14)21(18,19)20/h3-10H,1-2H2,(H2,18,19,20). The van der Waals surface area contributed by atoms with Gasteiger partial charge in [-0.05, 0) is 46.5 Å². The minimum absolute atomic E-state index is 0.0337. The number of primary sulfonamides is 1. The summed E-state index contributed by atoms with van der Waals surface area (Å²) in [5, 5.41) is 5.04. The zero-order valence-electron chi connectivity index (χ0n) is 11.2. The van der Waals surface area contributed by atoms with Gasteiger partial charge in [-0.25, -0.2) is 17.9 Å². The number of sulfonamides is 1. The van der Waals surface area contributed by atoms with Gasteiger partial charge in [0.15, 0.2) is 0 Å². The molecule has 0 aliphatic heterocycles. The second-order valence-electron chi connectivity index (χ2n) is 4.53. The number of hydrogen-bond acceptors (Lipinski definition) is 2. The second-order valence-corrected chi connectivity index (χ2v) is 6.09. The van der Waals surface area contributed by atoms with E-state index in [1.54, 1.807) is 24.3 Å². The Kier molecular flexibility index (Phi) is 4.06. The van der Waals surface area contributed by atoms with Gasteiger partial charge in [0.2, 0.25) is 10.0 Å². The third kappa shape index (κ3) is 3.45. The van der Waals surface area contributed by atoms with Crippen molar-refractivity contribution < 1.29 is 12.8 Å². The van der Waals surface area contributed by atoms with Gasteiger partial charge >= 0.3 is 0 Å². The average molecular weight is 303 g/mol. The number of halogens is 1. The Hall–Kier alpha value is -2.24. The van der Waals surface area contributed by atoms with Crippen molar-refractivity contribution in [2.75, 3.05) is 0 Å². The van der Waals surface area contributed by atoms with Gasteiger partial charge in [-0.15, -0.1) is 0 Å². The summed E-state index contributed by atoms with van der Waals surface area (Å²) in [6.07, 6.45) is 0. The second kappa shape index (κ2) is 5.63. The lowest BCUT2D eigenvalue weighted by atomic mass is 9.95. The van der Waals surface area contributed by atoms with Crippen LogP contribution in [0.1, 0.15) is 11.1 Å². The van der Waals surface area contributed by atoms with Crippen LogP contribution in [0.2, 0.25) is 0 Å². The predicted octanol–water partition coefficient (Wildman–Crippen LogP) is 3.20.